The number of carbonyl (C=O) groups is 2. The van der Waals surface area contributed by atoms with Crippen LogP contribution in [0.5, 0.6) is 0 Å². The Morgan fingerprint density at radius 2 is 1.83 bits per heavy atom. The number of aromatic carboxylic acids is 1. The van der Waals surface area contributed by atoms with Crippen LogP contribution in [0.1, 0.15) is 25.6 Å². The number of carboxylic acids is 1. The largest absolute Gasteiger partial charge is 0.477 e. The van der Waals surface area contributed by atoms with Crippen LogP contribution in [0.4, 0.5) is 5.00 Å². The number of carboxylic acid groups (broad SMARTS) is 1. The zero-order valence-corrected chi connectivity index (χ0v) is 10.6. The van der Waals surface area contributed by atoms with Gasteiger partial charge in [0.25, 0.3) is 0 Å². The van der Waals surface area contributed by atoms with E-state index in [1.165, 1.54) is 6.07 Å². The third-order valence-corrected chi connectivity index (χ3v) is 3.53. The summed E-state index contributed by atoms with van der Waals surface area (Å²) in [5.74, 6) is -1.41. The van der Waals surface area contributed by atoms with E-state index in [0.29, 0.717) is 10.6 Å². The van der Waals surface area contributed by atoms with Gasteiger partial charge in [-0.1, -0.05) is 11.6 Å². The second-order valence-electron chi connectivity index (χ2n) is 3.53. The van der Waals surface area contributed by atoms with Gasteiger partial charge in [0.15, 0.2) is 5.78 Å². The van der Waals surface area contributed by atoms with Crippen LogP contribution >= 0.6 is 22.9 Å². The highest BCUT2D eigenvalue weighted by Gasteiger charge is 2.18. The van der Waals surface area contributed by atoms with Gasteiger partial charge in [-0.15, -0.1) is 11.3 Å². The maximum absolute atomic E-state index is 12.1. The molecule has 0 fully saturated rings. The van der Waals surface area contributed by atoms with E-state index in [1.807, 2.05) is 0 Å². The van der Waals surface area contributed by atoms with Gasteiger partial charge in [-0.3, -0.25) is 4.79 Å². The first kappa shape index (κ1) is 12.6. The summed E-state index contributed by atoms with van der Waals surface area (Å²) < 4.78 is 0. The minimum absolute atomic E-state index is 0.0461. The molecule has 0 amide bonds. The van der Waals surface area contributed by atoms with Gasteiger partial charge in [0.2, 0.25) is 0 Å². The summed E-state index contributed by atoms with van der Waals surface area (Å²) >= 11 is 6.61. The number of rotatable bonds is 3. The molecule has 0 aliphatic heterocycles. The van der Waals surface area contributed by atoms with Crippen molar-refractivity contribution in [2.24, 2.45) is 0 Å². The molecule has 0 atom stereocenters. The van der Waals surface area contributed by atoms with Crippen molar-refractivity contribution in [1.82, 2.24) is 0 Å². The van der Waals surface area contributed by atoms with Crippen molar-refractivity contribution in [2.75, 3.05) is 5.73 Å². The second kappa shape index (κ2) is 4.80. The van der Waals surface area contributed by atoms with E-state index in [2.05, 4.69) is 0 Å². The van der Waals surface area contributed by atoms with Gasteiger partial charge in [0.1, 0.15) is 4.88 Å². The topological polar surface area (TPSA) is 80.4 Å². The molecular formula is C12H8ClNO3S. The Labute approximate surface area is 112 Å². The van der Waals surface area contributed by atoms with Gasteiger partial charge in [-0.25, -0.2) is 4.79 Å². The molecule has 1 aromatic carbocycles. The summed E-state index contributed by atoms with van der Waals surface area (Å²) in [7, 11) is 0. The summed E-state index contributed by atoms with van der Waals surface area (Å²) in [5, 5.41) is 9.56. The molecule has 0 spiro atoms. The van der Waals surface area contributed by atoms with Crippen molar-refractivity contribution < 1.29 is 14.7 Å². The predicted molar refractivity (Wildman–Crippen MR) is 70.6 cm³/mol. The van der Waals surface area contributed by atoms with Gasteiger partial charge < -0.3 is 10.8 Å². The molecule has 1 heterocycles. The Hall–Kier alpha value is -1.85. The summed E-state index contributed by atoms with van der Waals surface area (Å²) in [5.41, 5.74) is 6.28. The highest BCUT2D eigenvalue weighted by atomic mass is 35.5. The fourth-order valence-corrected chi connectivity index (χ4v) is 2.33. The first-order valence-electron chi connectivity index (χ1n) is 4.92. The van der Waals surface area contributed by atoms with Gasteiger partial charge >= 0.3 is 5.97 Å². The molecule has 18 heavy (non-hydrogen) atoms. The van der Waals surface area contributed by atoms with Crippen LogP contribution in [0.3, 0.4) is 0 Å². The van der Waals surface area contributed by atoms with Gasteiger partial charge in [-0.2, -0.15) is 0 Å². The number of anilines is 1. The lowest BCUT2D eigenvalue weighted by atomic mass is 10.1. The fraction of sp³-hybridized carbons (Fsp3) is 0. The predicted octanol–water partition coefficient (Wildman–Crippen LogP) is 2.91. The zero-order valence-electron chi connectivity index (χ0n) is 9.01. The standard InChI is InChI=1S/C12H8ClNO3S/c13-7-3-1-6(2-4-7)10(15)8-5-9(12(16)17)18-11(8)14/h1-5H,14H2,(H,16,17). The molecule has 92 valence electrons. The molecule has 0 saturated heterocycles. The molecule has 0 bridgehead atoms. The highest BCUT2D eigenvalue weighted by molar-refractivity contribution is 7.18. The third kappa shape index (κ3) is 2.37. The molecular weight excluding hydrogens is 274 g/mol. The van der Waals surface area contributed by atoms with E-state index in [0.717, 1.165) is 11.3 Å². The summed E-state index contributed by atoms with van der Waals surface area (Å²) in [6.45, 7) is 0. The minimum atomic E-state index is -1.10. The number of hydrogen-bond donors (Lipinski definition) is 2. The van der Waals surface area contributed by atoms with Crippen molar-refractivity contribution in [1.29, 1.82) is 0 Å². The Bertz CT molecular complexity index is 619. The normalized spacial score (nSPS) is 10.3. The molecule has 0 unspecified atom stereocenters. The number of hydrogen-bond acceptors (Lipinski definition) is 4. The number of halogens is 1. The van der Waals surface area contributed by atoms with Gasteiger partial charge in [0, 0.05) is 10.6 Å². The van der Waals surface area contributed by atoms with Crippen LogP contribution in [0.25, 0.3) is 0 Å². The van der Waals surface area contributed by atoms with E-state index in [9.17, 15) is 9.59 Å². The first-order valence-corrected chi connectivity index (χ1v) is 6.11. The van der Waals surface area contributed by atoms with Crippen LogP contribution in [-0.2, 0) is 0 Å². The number of nitrogens with two attached hydrogens (primary N) is 1. The van der Waals surface area contributed by atoms with Crippen molar-refractivity contribution in [3.8, 4) is 0 Å². The van der Waals surface area contributed by atoms with E-state index < -0.39 is 5.97 Å². The molecule has 0 aliphatic carbocycles. The van der Waals surface area contributed by atoms with E-state index in [-0.39, 0.29) is 21.2 Å². The van der Waals surface area contributed by atoms with Gasteiger partial charge in [0.05, 0.1) is 10.6 Å². The summed E-state index contributed by atoms with van der Waals surface area (Å²) in [4.78, 5) is 22.9. The second-order valence-corrected chi connectivity index (χ2v) is 5.05. The van der Waals surface area contributed by atoms with Crippen LogP contribution in [0.2, 0.25) is 5.02 Å². The van der Waals surface area contributed by atoms with Crippen LogP contribution in [0.15, 0.2) is 30.3 Å². The number of carbonyl (C=O) groups excluding carboxylic acids is 1. The molecule has 4 nitrogen and oxygen atoms in total. The van der Waals surface area contributed by atoms with E-state index in [4.69, 9.17) is 22.4 Å². The van der Waals surface area contributed by atoms with Crippen LogP contribution in [0, 0.1) is 0 Å². The SMILES string of the molecule is Nc1sc(C(=O)O)cc1C(=O)c1ccc(Cl)cc1. The molecule has 0 aliphatic rings. The lowest BCUT2D eigenvalue weighted by molar-refractivity contribution is 0.0702. The third-order valence-electron chi connectivity index (χ3n) is 2.32. The minimum Gasteiger partial charge on any atom is -0.477 e. The Morgan fingerprint density at radius 1 is 1.22 bits per heavy atom. The Balaban J connectivity index is 2.39. The quantitative estimate of drug-likeness (QED) is 0.848. The molecule has 1 aromatic heterocycles. The van der Waals surface area contributed by atoms with Crippen molar-refractivity contribution >= 4 is 39.7 Å². The van der Waals surface area contributed by atoms with Crippen molar-refractivity contribution in [3.05, 3.63) is 51.4 Å². The Kier molecular flexibility index (Phi) is 3.36. The molecule has 2 aromatic rings. The maximum atomic E-state index is 12.1. The highest BCUT2D eigenvalue weighted by Crippen LogP contribution is 2.27. The fourth-order valence-electron chi connectivity index (χ4n) is 1.44. The lowest BCUT2D eigenvalue weighted by Crippen LogP contribution is -2.02. The number of ketones is 1. The number of nitrogen functional groups attached to an aromatic ring is 1. The molecule has 6 heteroatoms. The van der Waals surface area contributed by atoms with Crippen LogP contribution in [-0.4, -0.2) is 16.9 Å². The molecule has 0 radical (unpaired) electrons. The summed E-state index contributed by atoms with van der Waals surface area (Å²) in [6, 6.07) is 7.62. The average Bonchev–Trinajstić information content (AvgIpc) is 2.71. The Morgan fingerprint density at radius 3 is 2.33 bits per heavy atom. The maximum Gasteiger partial charge on any atom is 0.345 e. The lowest BCUT2D eigenvalue weighted by Gasteiger charge is -1.99. The smallest absolute Gasteiger partial charge is 0.345 e. The monoisotopic (exact) mass is 281 g/mol. The van der Waals surface area contributed by atoms with Crippen molar-refractivity contribution in [3.63, 3.8) is 0 Å². The average molecular weight is 282 g/mol. The number of benzene rings is 1. The molecule has 3 N–H and O–H groups in total. The van der Waals surface area contributed by atoms with E-state index >= 15 is 0 Å². The number of thiophene rings is 1. The summed E-state index contributed by atoms with van der Waals surface area (Å²) in [6.07, 6.45) is 0. The van der Waals surface area contributed by atoms with Crippen molar-refractivity contribution in [2.45, 2.75) is 0 Å². The van der Waals surface area contributed by atoms with Crippen LogP contribution < -0.4 is 5.73 Å². The van der Waals surface area contributed by atoms with E-state index in [1.54, 1.807) is 24.3 Å². The molecule has 2 rings (SSSR count). The molecule has 0 saturated carbocycles. The first-order chi connectivity index (χ1) is 8.49. The van der Waals surface area contributed by atoms with Gasteiger partial charge in [-0.05, 0) is 30.3 Å². The zero-order chi connectivity index (χ0) is 13.3.